The van der Waals surface area contributed by atoms with Crippen LogP contribution in [-0.4, -0.2) is 49.9 Å². The van der Waals surface area contributed by atoms with Gasteiger partial charge in [0.15, 0.2) is 8.32 Å². The fourth-order valence-corrected chi connectivity index (χ4v) is 3.96. The Morgan fingerprint density at radius 2 is 1.71 bits per heavy atom. The van der Waals surface area contributed by atoms with E-state index in [0.29, 0.717) is 13.0 Å². The van der Waals surface area contributed by atoms with Crippen molar-refractivity contribution in [1.82, 2.24) is 0 Å². The van der Waals surface area contributed by atoms with Crippen molar-refractivity contribution in [2.45, 2.75) is 104 Å². The second kappa shape index (κ2) is 14.8. The number of aliphatic hydroxyl groups is 2. The number of hydrogen-bond acceptors (Lipinski definition) is 5. The molecule has 0 bridgehead atoms. The first-order valence-corrected chi connectivity index (χ1v) is 15.3. The molecule has 34 heavy (non-hydrogen) atoms. The molecule has 0 aliphatic heterocycles. The fraction of sp³-hybridized carbons (Fsp3) is 0.679. The summed E-state index contributed by atoms with van der Waals surface area (Å²) >= 11 is 0. The number of esters is 1. The second-order valence-electron chi connectivity index (χ2n) is 10.9. The molecule has 0 heterocycles. The van der Waals surface area contributed by atoms with Crippen molar-refractivity contribution in [3.05, 3.63) is 48.1 Å². The lowest BCUT2D eigenvalue weighted by atomic mass is 9.78. The monoisotopic (exact) mass is 494 g/mol. The maximum Gasteiger partial charge on any atom is 0.314 e. The Hall–Kier alpha value is -1.47. The highest BCUT2D eigenvalue weighted by Crippen LogP contribution is 2.36. The van der Waals surface area contributed by atoms with E-state index in [2.05, 4.69) is 59.5 Å². The Balaban J connectivity index is 4.92. The third-order valence-electron chi connectivity index (χ3n) is 6.74. The standard InChI is InChI=1S/C28H50O5Si/c1-11-24(29)20-25(30)28(8,26(31)32-12-2)19-18-22(3)16-14-13-15-17-23(4)21-33-34(9,10)27(5,6)7/h11,14,16-18,24-25,29-30H,1,12-13,15,19-21H2,2-10H3/b16-14+,22-18+,23-17+/t24-,25-,28+/m1/s1. The molecule has 0 spiro atoms. The lowest BCUT2D eigenvalue weighted by Gasteiger charge is -2.36. The van der Waals surface area contributed by atoms with Crippen LogP contribution < -0.4 is 0 Å². The molecule has 196 valence electrons. The molecule has 0 fully saturated rings. The second-order valence-corrected chi connectivity index (χ2v) is 15.7. The van der Waals surface area contributed by atoms with E-state index in [9.17, 15) is 15.0 Å². The van der Waals surface area contributed by atoms with E-state index in [1.807, 2.05) is 19.1 Å². The Bertz CT molecular complexity index is 730. The minimum absolute atomic E-state index is 0.0341. The Morgan fingerprint density at radius 3 is 2.24 bits per heavy atom. The zero-order chi connectivity index (χ0) is 26.6. The van der Waals surface area contributed by atoms with Crippen molar-refractivity contribution >= 4 is 14.3 Å². The summed E-state index contributed by atoms with van der Waals surface area (Å²) < 4.78 is 11.5. The lowest BCUT2D eigenvalue weighted by Crippen LogP contribution is -2.42. The summed E-state index contributed by atoms with van der Waals surface area (Å²) in [5.41, 5.74) is 1.12. The summed E-state index contributed by atoms with van der Waals surface area (Å²) in [5, 5.41) is 20.7. The molecule has 0 radical (unpaired) electrons. The van der Waals surface area contributed by atoms with Crippen molar-refractivity contribution < 1.29 is 24.2 Å². The highest BCUT2D eigenvalue weighted by Gasteiger charge is 2.41. The van der Waals surface area contributed by atoms with Crippen LogP contribution in [0.25, 0.3) is 0 Å². The molecule has 3 atom stereocenters. The molecular weight excluding hydrogens is 444 g/mol. The molecule has 0 aromatic rings. The van der Waals surface area contributed by atoms with E-state index < -0.39 is 31.9 Å². The maximum atomic E-state index is 12.6. The summed E-state index contributed by atoms with van der Waals surface area (Å²) in [5.74, 6) is -0.465. The van der Waals surface area contributed by atoms with Gasteiger partial charge in [-0.2, -0.15) is 0 Å². The molecule has 5 nitrogen and oxygen atoms in total. The van der Waals surface area contributed by atoms with E-state index in [0.717, 1.165) is 18.4 Å². The van der Waals surface area contributed by atoms with Gasteiger partial charge >= 0.3 is 5.97 Å². The predicted octanol–water partition coefficient (Wildman–Crippen LogP) is 6.49. The predicted molar refractivity (Wildman–Crippen MR) is 145 cm³/mol. The molecule has 0 aromatic carbocycles. The molecule has 0 saturated heterocycles. The van der Waals surface area contributed by atoms with Crippen LogP contribution in [0.15, 0.2) is 48.1 Å². The molecule has 0 amide bonds. The minimum Gasteiger partial charge on any atom is -0.465 e. The molecule has 0 aliphatic rings. The molecule has 0 aromatic heterocycles. The Morgan fingerprint density at radius 1 is 1.09 bits per heavy atom. The van der Waals surface area contributed by atoms with Gasteiger partial charge in [0.2, 0.25) is 0 Å². The van der Waals surface area contributed by atoms with Crippen molar-refractivity contribution in [2.24, 2.45) is 5.41 Å². The van der Waals surface area contributed by atoms with Crippen LogP contribution >= 0.6 is 0 Å². The van der Waals surface area contributed by atoms with Crippen LogP contribution in [0, 0.1) is 5.41 Å². The van der Waals surface area contributed by atoms with Gasteiger partial charge in [-0.3, -0.25) is 4.79 Å². The number of carbonyl (C=O) groups is 1. The largest absolute Gasteiger partial charge is 0.465 e. The van der Waals surface area contributed by atoms with Gasteiger partial charge in [0.1, 0.15) is 0 Å². The zero-order valence-electron chi connectivity index (χ0n) is 23.1. The van der Waals surface area contributed by atoms with Gasteiger partial charge in [0.25, 0.3) is 0 Å². The average molecular weight is 495 g/mol. The SMILES string of the molecule is C=C[C@@H](O)C[C@@H](O)[C@](C)(C/C=C(C)/C=C/CC/C=C(\C)CO[Si](C)(C)C(C)(C)C)C(=O)OCC. The number of unbranched alkanes of at least 4 members (excludes halogenated alkanes) is 1. The van der Waals surface area contributed by atoms with E-state index in [4.69, 9.17) is 9.16 Å². The molecule has 6 heteroatoms. The number of rotatable bonds is 15. The van der Waals surface area contributed by atoms with Crippen LogP contribution in [0.2, 0.25) is 18.1 Å². The van der Waals surface area contributed by atoms with Gasteiger partial charge in [-0.15, -0.1) is 6.58 Å². The summed E-state index contributed by atoms with van der Waals surface area (Å²) in [6.07, 6.45) is 9.95. The fourth-order valence-electron chi connectivity index (χ4n) is 2.94. The smallest absolute Gasteiger partial charge is 0.314 e. The van der Waals surface area contributed by atoms with E-state index in [-0.39, 0.29) is 18.1 Å². The summed E-state index contributed by atoms with van der Waals surface area (Å²) in [7, 11) is -1.73. The van der Waals surface area contributed by atoms with Crippen LogP contribution in [0.1, 0.15) is 74.1 Å². The van der Waals surface area contributed by atoms with Gasteiger partial charge in [-0.05, 0) is 65.1 Å². The number of hydrogen-bond donors (Lipinski definition) is 2. The Labute approximate surface area is 209 Å². The third-order valence-corrected chi connectivity index (χ3v) is 11.2. The molecule has 0 aliphatic carbocycles. The van der Waals surface area contributed by atoms with Crippen molar-refractivity contribution in [3.63, 3.8) is 0 Å². The zero-order valence-corrected chi connectivity index (χ0v) is 24.1. The third kappa shape index (κ3) is 11.3. The van der Waals surface area contributed by atoms with Gasteiger partial charge in [0.05, 0.1) is 30.8 Å². The first-order valence-electron chi connectivity index (χ1n) is 12.4. The summed E-state index contributed by atoms with van der Waals surface area (Å²) in [4.78, 5) is 12.6. The molecular formula is C28H50O5Si. The number of allylic oxidation sites excluding steroid dienone is 5. The summed E-state index contributed by atoms with van der Waals surface area (Å²) in [6.45, 7) is 23.3. The van der Waals surface area contributed by atoms with Crippen molar-refractivity contribution in [2.75, 3.05) is 13.2 Å². The molecule has 2 N–H and O–H groups in total. The van der Waals surface area contributed by atoms with Gasteiger partial charge in [-0.1, -0.05) is 62.3 Å². The highest BCUT2D eigenvalue weighted by molar-refractivity contribution is 6.74. The van der Waals surface area contributed by atoms with Crippen LogP contribution in [-0.2, 0) is 14.0 Å². The number of carbonyl (C=O) groups excluding carboxylic acids is 1. The van der Waals surface area contributed by atoms with E-state index in [1.54, 1.807) is 13.8 Å². The quantitative estimate of drug-likeness (QED) is 0.0894. The Kier molecular flexibility index (Phi) is 14.2. The van der Waals surface area contributed by atoms with Crippen molar-refractivity contribution in [3.8, 4) is 0 Å². The molecule has 0 unspecified atom stereocenters. The lowest BCUT2D eigenvalue weighted by molar-refractivity contribution is -0.162. The first kappa shape index (κ1) is 32.5. The number of ether oxygens (including phenoxy) is 1. The summed E-state index contributed by atoms with van der Waals surface area (Å²) in [6, 6.07) is 0. The van der Waals surface area contributed by atoms with Crippen LogP contribution in [0.3, 0.4) is 0 Å². The van der Waals surface area contributed by atoms with Crippen LogP contribution in [0.4, 0.5) is 0 Å². The first-order chi connectivity index (χ1) is 15.6. The van der Waals surface area contributed by atoms with Gasteiger partial charge < -0.3 is 19.4 Å². The minimum atomic E-state index is -1.73. The number of aliphatic hydroxyl groups excluding tert-OH is 2. The van der Waals surface area contributed by atoms with Gasteiger partial charge in [-0.25, -0.2) is 0 Å². The molecule has 0 rings (SSSR count). The normalized spacial score (nSPS) is 17.4. The average Bonchev–Trinajstić information content (AvgIpc) is 2.74. The van der Waals surface area contributed by atoms with Gasteiger partial charge in [0, 0.05) is 6.42 Å². The van der Waals surface area contributed by atoms with Crippen molar-refractivity contribution in [1.29, 1.82) is 0 Å². The maximum absolute atomic E-state index is 12.6. The highest BCUT2D eigenvalue weighted by atomic mass is 28.4. The molecule has 0 saturated carbocycles. The van der Waals surface area contributed by atoms with E-state index >= 15 is 0 Å². The van der Waals surface area contributed by atoms with E-state index in [1.165, 1.54) is 11.6 Å². The van der Waals surface area contributed by atoms with Crippen LogP contribution in [0.5, 0.6) is 0 Å². The topological polar surface area (TPSA) is 76.0 Å².